The number of hydrogen-bond acceptors (Lipinski definition) is 9. The van der Waals surface area contributed by atoms with Gasteiger partial charge in [-0.15, -0.1) is 0 Å². The van der Waals surface area contributed by atoms with Crippen LogP contribution in [0.5, 0.6) is 0 Å². The van der Waals surface area contributed by atoms with Crippen LogP contribution in [-0.4, -0.2) is 77.1 Å². The number of cyclic esters (lactones) is 1. The lowest BCUT2D eigenvalue weighted by atomic mass is 9.87. The standard InChI is InChI=1S/C23H35NO9/c1-14(2)20-23(5,6)33-22(30)24(20)21(29)15(3)19(32-16(4)26)18(28)10-9-17(27)8-7-12-31-13-11-25/h9-10,14-15,19-20,25H,7-8,11-13H2,1-6H3/t15-,19-,20-/m1/s1. The summed E-state index contributed by atoms with van der Waals surface area (Å²) in [5, 5.41) is 8.64. The molecule has 0 saturated carbocycles. The first kappa shape index (κ1) is 28.4. The molecule has 0 aromatic heterocycles. The van der Waals surface area contributed by atoms with Gasteiger partial charge in [0.25, 0.3) is 0 Å². The Bertz CT molecular complexity index is 772. The first-order valence-corrected chi connectivity index (χ1v) is 11.0. The van der Waals surface area contributed by atoms with Crippen molar-refractivity contribution in [2.24, 2.45) is 11.8 Å². The van der Waals surface area contributed by atoms with Crippen LogP contribution < -0.4 is 0 Å². The number of aliphatic hydroxyl groups excluding tert-OH is 1. The van der Waals surface area contributed by atoms with E-state index in [0.29, 0.717) is 6.42 Å². The molecule has 0 bridgehead atoms. The lowest BCUT2D eigenvalue weighted by Gasteiger charge is -2.33. The third-order valence-corrected chi connectivity index (χ3v) is 5.20. The van der Waals surface area contributed by atoms with Crippen LogP contribution in [0.3, 0.4) is 0 Å². The number of carbonyl (C=O) groups excluding carboxylic acids is 5. The lowest BCUT2D eigenvalue weighted by Crippen LogP contribution is -2.52. The molecule has 1 rings (SSSR count). The van der Waals surface area contributed by atoms with E-state index in [1.165, 1.54) is 6.92 Å². The van der Waals surface area contributed by atoms with E-state index in [-0.39, 0.29) is 37.9 Å². The molecule has 2 amide bonds. The first-order chi connectivity index (χ1) is 15.3. The number of ether oxygens (including phenoxy) is 3. The second-order valence-corrected chi connectivity index (χ2v) is 8.83. The van der Waals surface area contributed by atoms with Gasteiger partial charge in [-0.2, -0.15) is 0 Å². The van der Waals surface area contributed by atoms with Gasteiger partial charge in [-0.25, -0.2) is 9.69 Å². The minimum Gasteiger partial charge on any atom is -0.453 e. The van der Waals surface area contributed by atoms with Crippen LogP contribution in [-0.2, 0) is 33.4 Å². The molecule has 1 saturated heterocycles. The average Bonchev–Trinajstić information content (AvgIpc) is 2.97. The summed E-state index contributed by atoms with van der Waals surface area (Å²) in [4.78, 5) is 63.0. The molecule has 10 heteroatoms. The van der Waals surface area contributed by atoms with Gasteiger partial charge in [0.05, 0.1) is 25.2 Å². The maximum absolute atomic E-state index is 13.2. The SMILES string of the molecule is CC(=O)O[C@@H](C(=O)C=CC(=O)CCCOCCO)[C@@H](C)C(=O)N1C(=O)OC(C)(C)[C@H]1C(C)C. The number of esters is 1. The quantitative estimate of drug-likeness (QED) is 0.243. The summed E-state index contributed by atoms with van der Waals surface area (Å²) in [7, 11) is 0. The number of allylic oxidation sites excluding steroid dienone is 1. The van der Waals surface area contributed by atoms with E-state index in [9.17, 15) is 24.0 Å². The van der Waals surface area contributed by atoms with Gasteiger partial charge in [-0.3, -0.25) is 19.2 Å². The van der Waals surface area contributed by atoms with Crippen molar-refractivity contribution in [2.45, 2.75) is 72.1 Å². The van der Waals surface area contributed by atoms with Crippen molar-refractivity contribution in [1.29, 1.82) is 0 Å². The molecule has 0 spiro atoms. The number of amides is 2. The molecule has 0 aromatic rings. The number of nitrogens with zero attached hydrogens (tertiary/aromatic N) is 1. The Kier molecular flexibility index (Phi) is 10.9. The van der Waals surface area contributed by atoms with Crippen molar-refractivity contribution < 1.29 is 43.3 Å². The second-order valence-electron chi connectivity index (χ2n) is 8.83. The number of ketones is 2. The van der Waals surface area contributed by atoms with Gasteiger partial charge in [0, 0.05) is 20.0 Å². The summed E-state index contributed by atoms with van der Waals surface area (Å²) in [6.07, 6.45) is 0.234. The van der Waals surface area contributed by atoms with Gasteiger partial charge < -0.3 is 19.3 Å². The molecule has 0 aromatic carbocycles. The van der Waals surface area contributed by atoms with Gasteiger partial charge in [-0.1, -0.05) is 13.8 Å². The Morgan fingerprint density at radius 1 is 1.15 bits per heavy atom. The highest BCUT2D eigenvalue weighted by atomic mass is 16.6. The van der Waals surface area contributed by atoms with Crippen molar-refractivity contribution in [3.8, 4) is 0 Å². The highest BCUT2D eigenvalue weighted by Gasteiger charge is 2.53. The van der Waals surface area contributed by atoms with Gasteiger partial charge in [-0.05, 0) is 45.3 Å². The number of imide groups is 1. The zero-order chi connectivity index (χ0) is 25.3. The monoisotopic (exact) mass is 469 g/mol. The van der Waals surface area contributed by atoms with Gasteiger partial charge in [0.2, 0.25) is 5.91 Å². The minimum atomic E-state index is -1.50. The molecular weight excluding hydrogens is 434 g/mol. The molecule has 1 aliphatic heterocycles. The Hall–Kier alpha value is -2.59. The summed E-state index contributed by atoms with van der Waals surface area (Å²) in [5.41, 5.74) is -0.922. The summed E-state index contributed by atoms with van der Waals surface area (Å²) in [6, 6.07) is -0.571. The van der Waals surface area contributed by atoms with Crippen molar-refractivity contribution in [2.75, 3.05) is 19.8 Å². The van der Waals surface area contributed by atoms with E-state index in [1.54, 1.807) is 13.8 Å². The highest BCUT2D eigenvalue weighted by Crippen LogP contribution is 2.35. The van der Waals surface area contributed by atoms with E-state index in [0.717, 1.165) is 24.0 Å². The van der Waals surface area contributed by atoms with E-state index < -0.39 is 47.4 Å². The maximum atomic E-state index is 13.2. The molecule has 1 heterocycles. The van der Waals surface area contributed by atoms with Crippen molar-refractivity contribution >= 4 is 29.5 Å². The maximum Gasteiger partial charge on any atom is 0.417 e. The molecular formula is C23H35NO9. The molecule has 186 valence electrons. The lowest BCUT2D eigenvalue weighted by molar-refractivity contribution is -0.158. The van der Waals surface area contributed by atoms with E-state index in [4.69, 9.17) is 19.3 Å². The van der Waals surface area contributed by atoms with Gasteiger partial charge in [0.1, 0.15) is 5.60 Å². The Balaban J connectivity index is 2.95. The predicted molar refractivity (Wildman–Crippen MR) is 117 cm³/mol. The fourth-order valence-electron chi connectivity index (χ4n) is 3.89. The molecule has 1 aliphatic rings. The van der Waals surface area contributed by atoms with E-state index >= 15 is 0 Å². The van der Waals surface area contributed by atoms with Crippen LogP contribution in [0.4, 0.5) is 4.79 Å². The fourth-order valence-corrected chi connectivity index (χ4v) is 3.89. The molecule has 0 radical (unpaired) electrons. The number of hydrogen-bond donors (Lipinski definition) is 1. The Morgan fingerprint density at radius 2 is 1.79 bits per heavy atom. The zero-order valence-electron chi connectivity index (χ0n) is 20.2. The van der Waals surface area contributed by atoms with Gasteiger partial charge >= 0.3 is 12.1 Å². The van der Waals surface area contributed by atoms with Crippen LogP contribution in [0.1, 0.15) is 54.4 Å². The third kappa shape index (κ3) is 8.04. The molecule has 3 atom stereocenters. The van der Waals surface area contributed by atoms with Gasteiger partial charge in [0.15, 0.2) is 17.7 Å². The summed E-state index contributed by atoms with van der Waals surface area (Å²) in [6.45, 7) is 9.93. The summed E-state index contributed by atoms with van der Waals surface area (Å²) < 4.78 is 15.5. The number of aliphatic hydroxyl groups is 1. The van der Waals surface area contributed by atoms with Crippen molar-refractivity contribution in [3.63, 3.8) is 0 Å². The predicted octanol–water partition coefficient (Wildman–Crippen LogP) is 1.82. The molecule has 0 unspecified atom stereocenters. The van der Waals surface area contributed by atoms with E-state index in [2.05, 4.69) is 0 Å². The highest BCUT2D eigenvalue weighted by molar-refractivity contribution is 6.04. The molecule has 33 heavy (non-hydrogen) atoms. The van der Waals surface area contributed by atoms with Crippen molar-refractivity contribution in [3.05, 3.63) is 12.2 Å². The van der Waals surface area contributed by atoms with Crippen LogP contribution in [0.15, 0.2) is 12.2 Å². The fraction of sp³-hybridized carbons (Fsp3) is 0.696. The number of carbonyl (C=O) groups is 5. The van der Waals surface area contributed by atoms with Crippen LogP contribution in [0.25, 0.3) is 0 Å². The van der Waals surface area contributed by atoms with Crippen molar-refractivity contribution in [1.82, 2.24) is 4.90 Å². The molecule has 1 fully saturated rings. The largest absolute Gasteiger partial charge is 0.453 e. The topological polar surface area (TPSA) is 137 Å². The summed E-state index contributed by atoms with van der Waals surface area (Å²) >= 11 is 0. The van der Waals surface area contributed by atoms with Crippen LogP contribution in [0, 0.1) is 11.8 Å². The smallest absolute Gasteiger partial charge is 0.417 e. The first-order valence-electron chi connectivity index (χ1n) is 11.0. The summed E-state index contributed by atoms with van der Waals surface area (Å²) in [5.74, 6) is -3.88. The molecule has 0 aliphatic carbocycles. The van der Waals surface area contributed by atoms with E-state index in [1.807, 2.05) is 13.8 Å². The Morgan fingerprint density at radius 3 is 2.33 bits per heavy atom. The minimum absolute atomic E-state index is 0.110. The normalized spacial score (nSPS) is 19.5. The number of rotatable bonds is 13. The average molecular weight is 470 g/mol. The van der Waals surface area contributed by atoms with Crippen LogP contribution in [0.2, 0.25) is 0 Å². The van der Waals surface area contributed by atoms with Crippen LogP contribution >= 0.6 is 0 Å². The third-order valence-electron chi connectivity index (χ3n) is 5.20. The zero-order valence-corrected chi connectivity index (χ0v) is 20.2. The molecule has 10 nitrogen and oxygen atoms in total. The Labute approximate surface area is 194 Å². The second kappa shape index (κ2) is 12.6. The molecule has 1 N–H and O–H groups in total.